The van der Waals surface area contributed by atoms with Crippen LogP contribution in [0.1, 0.15) is 12.5 Å². The van der Waals surface area contributed by atoms with Crippen LogP contribution in [0.25, 0.3) is 0 Å². The average molecular weight is 208 g/mol. The number of ether oxygens (including phenoxy) is 1. The first-order valence-corrected chi connectivity index (χ1v) is 8.69. The maximum absolute atomic E-state index is 5.65. The third-order valence-corrected chi connectivity index (χ3v) is 4.25. The SMILES string of the molecule is CCOc1ccc(C)cc1[Si](C)(C)C. The molecule has 0 amide bonds. The van der Waals surface area contributed by atoms with Crippen LogP contribution < -0.4 is 9.92 Å². The van der Waals surface area contributed by atoms with Gasteiger partial charge in [0.2, 0.25) is 0 Å². The fourth-order valence-electron chi connectivity index (χ4n) is 1.51. The van der Waals surface area contributed by atoms with Gasteiger partial charge in [-0.1, -0.05) is 37.3 Å². The Morgan fingerprint density at radius 1 is 1.21 bits per heavy atom. The van der Waals surface area contributed by atoms with E-state index in [0.29, 0.717) is 0 Å². The van der Waals surface area contributed by atoms with Gasteiger partial charge in [-0.15, -0.1) is 0 Å². The summed E-state index contributed by atoms with van der Waals surface area (Å²) in [4.78, 5) is 0. The minimum atomic E-state index is -1.27. The Morgan fingerprint density at radius 2 is 1.86 bits per heavy atom. The molecule has 14 heavy (non-hydrogen) atoms. The van der Waals surface area contributed by atoms with Crippen LogP contribution in [0.4, 0.5) is 0 Å². The molecule has 0 aliphatic carbocycles. The molecule has 0 unspecified atom stereocenters. The van der Waals surface area contributed by atoms with E-state index in [1.54, 1.807) is 0 Å². The highest BCUT2D eigenvalue weighted by molar-refractivity contribution is 6.89. The number of hydrogen-bond acceptors (Lipinski definition) is 1. The van der Waals surface area contributed by atoms with E-state index in [9.17, 15) is 0 Å². The average Bonchev–Trinajstić information content (AvgIpc) is 2.07. The van der Waals surface area contributed by atoms with Crippen molar-refractivity contribution in [3.63, 3.8) is 0 Å². The van der Waals surface area contributed by atoms with E-state index in [4.69, 9.17) is 4.74 Å². The van der Waals surface area contributed by atoms with Crippen LogP contribution in [-0.4, -0.2) is 14.7 Å². The lowest BCUT2D eigenvalue weighted by atomic mass is 10.2. The van der Waals surface area contributed by atoms with E-state index in [1.165, 1.54) is 10.8 Å². The first kappa shape index (κ1) is 11.3. The molecule has 1 aromatic carbocycles. The first-order valence-electron chi connectivity index (χ1n) is 5.19. The summed E-state index contributed by atoms with van der Waals surface area (Å²) in [5.74, 6) is 1.08. The van der Waals surface area contributed by atoms with Gasteiger partial charge in [0.15, 0.2) is 0 Å². The van der Waals surface area contributed by atoms with E-state index < -0.39 is 8.07 Å². The molecule has 0 heterocycles. The molecule has 1 aromatic rings. The predicted octanol–water partition coefficient (Wildman–Crippen LogP) is 2.94. The summed E-state index contributed by atoms with van der Waals surface area (Å²) in [6, 6.07) is 6.50. The summed E-state index contributed by atoms with van der Waals surface area (Å²) in [5, 5.41) is 1.43. The van der Waals surface area contributed by atoms with Crippen molar-refractivity contribution < 1.29 is 4.74 Å². The van der Waals surface area contributed by atoms with Crippen molar-refractivity contribution >= 4 is 13.3 Å². The minimum Gasteiger partial charge on any atom is -0.494 e. The molecule has 2 heteroatoms. The van der Waals surface area contributed by atoms with Gasteiger partial charge in [-0.2, -0.15) is 0 Å². The second-order valence-corrected chi connectivity index (χ2v) is 9.72. The van der Waals surface area contributed by atoms with Gasteiger partial charge < -0.3 is 4.74 Å². The van der Waals surface area contributed by atoms with Crippen LogP contribution in [0, 0.1) is 6.92 Å². The van der Waals surface area contributed by atoms with Gasteiger partial charge in [-0.3, -0.25) is 0 Å². The van der Waals surface area contributed by atoms with E-state index in [2.05, 4.69) is 44.8 Å². The highest BCUT2D eigenvalue weighted by atomic mass is 28.3. The van der Waals surface area contributed by atoms with Crippen LogP contribution >= 0.6 is 0 Å². The molecule has 0 aliphatic rings. The fraction of sp³-hybridized carbons (Fsp3) is 0.500. The van der Waals surface area contributed by atoms with Crippen molar-refractivity contribution in [2.24, 2.45) is 0 Å². The molecule has 0 saturated carbocycles. The lowest BCUT2D eigenvalue weighted by Gasteiger charge is -2.21. The van der Waals surface area contributed by atoms with Crippen molar-refractivity contribution in [1.29, 1.82) is 0 Å². The Morgan fingerprint density at radius 3 is 2.36 bits per heavy atom. The molecule has 0 bridgehead atoms. The zero-order valence-corrected chi connectivity index (χ0v) is 10.8. The molecule has 0 saturated heterocycles. The standard InChI is InChI=1S/C12H20OSi/c1-6-13-11-8-7-10(2)9-12(11)14(3,4)5/h7-9H,6H2,1-5H3. The normalized spacial score (nSPS) is 11.5. The van der Waals surface area contributed by atoms with Gasteiger partial charge in [-0.25, -0.2) is 0 Å². The lowest BCUT2D eigenvalue weighted by molar-refractivity contribution is 0.343. The van der Waals surface area contributed by atoms with Crippen molar-refractivity contribution in [2.45, 2.75) is 33.5 Å². The van der Waals surface area contributed by atoms with Crippen LogP contribution in [-0.2, 0) is 0 Å². The summed E-state index contributed by atoms with van der Waals surface area (Å²) in [5.41, 5.74) is 1.32. The van der Waals surface area contributed by atoms with Crippen molar-refractivity contribution in [1.82, 2.24) is 0 Å². The quantitative estimate of drug-likeness (QED) is 0.694. The van der Waals surface area contributed by atoms with Crippen LogP contribution in [0.2, 0.25) is 19.6 Å². The number of aryl methyl sites for hydroxylation is 1. The Labute approximate surface area is 88.1 Å². The van der Waals surface area contributed by atoms with E-state index in [0.717, 1.165) is 12.4 Å². The topological polar surface area (TPSA) is 9.23 Å². The van der Waals surface area contributed by atoms with E-state index in [-0.39, 0.29) is 0 Å². The molecule has 1 rings (SSSR count). The van der Waals surface area contributed by atoms with E-state index in [1.807, 2.05) is 6.92 Å². The first-order chi connectivity index (χ1) is 6.45. The van der Waals surface area contributed by atoms with Crippen molar-refractivity contribution in [3.8, 4) is 5.75 Å². The molecule has 0 spiro atoms. The third kappa shape index (κ3) is 2.61. The zero-order chi connectivity index (χ0) is 10.8. The van der Waals surface area contributed by atoms with Crippen molar-refractivity contribution in [3.05, 3.63) is 23.8 Å². The second-order valence-electron chi connectivity index (χ2n) is 4.68. The highest BCUT2D eigenvalue weighted by Crippen LogP contribution is 2.15. The Balaban J connectivity index is 3.16. The predicted molar refractivity (Wildman–Crippen MR) is 65.3 cm³/mol. The Hall–Kier alpha value is -0.763. The second kappa shape index (κ2) is 4.18. The van der Waals surface area contributed by atoms with Gasteiger partial charge >= 0.3 is 0 Å². The molecule has 0 atom stereocenters. The summed E-state index contributed by atoms with van der Waals surface area (Å²) in [6.07, 6.45) is 0. The molecule has 0 aromatic heterocycles. The molecular formula is C12H20OSi. The molecule has 1 nitrogen and oxygen atoms in total. The molecule has 0 aliphatic heterocycles. The van der Waals surface area contributed by atoms with Gasteiger partial charge in [0.05, 0.1) is 14.7 Å². The van der Waals surface area contributed by atoms with Crippen LogP contribution in [0.3, 0.4) is 0 Å². The molecule has 78 valence electrons. The molecular weight excluding hydrogens is 188 g/mol. The summed E-state index contributed by atoms with van der Waals surface area (Å²) >= 11 is 0. The van der Waals surface area contributed by atoms with Gasteiger partial charge in [0.1, 0.15) is 5.75 Å². The monoisotopic (exact) mass is 208 g/mol. The Bertz CT molecular complexity index is 313. The summed E-state index contributed by atoms with van der Waals surface area (Å²) in [6.45, 7) is 12.0. The molecule has 0 radical (unpaired) electrons. The van der Waals surface area contributed by atoms with Crippen LogP contribution in [0.15, 0.2) is 18.2 Å². The Kier molecular flexibility index (Phi) is 3.37. The maximum atomic E-state index is 5.65. The minimum absolute atomic E-state index is 0.751. The lowest BCUT2D eigenvalue weighted by Crippen LogP contribution is -2.38. The largest absolute Gasteiger partial charge is 0.494 e. The smallest absolute Gasteiger partial charge is 0.118 e. The fourth-order valence-corrected chi connectivity index (χ4v) is 3.07. The summed E-state index contributed by atoms with van der Waals surface area (Å²) in [7, 11) is -1.27. The zero-order valence-electron chi connectivity index (χ0n) is 9.85. The number of rotatable bonds is 3. The number of benzene rings is 1. The maximum Gasteiger partial charge on any atom is 0.118 e. The highest BCUT2D eigenvalue weighted by Gasteiger charge is 2.20. The van der Waals surface area contributed by atoms with Crippen LogP contribution in [0.5, 0.6) is 5.75 Å². The van der Waals surface area contributed by atoms with E-state index >= 15 is 0 Å². The van der Waals surface area contributed by atoms with Gasteiger partial charge in [-0.05, 0) is 25.1 Å². The molecule has 0 fully saturated rings. The van der Waals surface area contributed by atoms with Gasteiger partial charge in [0.25, 0.3) is 0 Å². The summed E-state index contributed by atoms with van der Waals surface area (Å²) < 4.78 is 5.65. The third-order valence-electron chi connectivity index (χ3n) is 2.24. The molecule has 0 N–H and O–H groups in total. The number of hydrogen-bond donors (Lipinski definition) is 0. The van der Waals surface area contributed by atoms with Crippen molar-refractivity contribution in [2.75, 3.05) is 6.61 Å². The van der Waals surface area contributed by atoms with Gasteiger partial charge in [0, 0.05) is 0 Å².